The molecule has 0 bridgehead atoms. The minimum Gasteiger partial charge on any atom is -0.504 e. The van der Waals surface area contributed by atoms with Crippen molar-refractivity contribution in [3.8, 4) is 11.5 Å². The molecule has 82 valence electrons. The first kappa shape index (κ1) is 10.4. The van der Waals surface area contributed by atoms with E-state index in [0.717, 1.165) is 11.3 Å². The van der Waals surface area contributed by atoms with E-state index in [0.29, 0.717) is 12.4 Å². The predicted octanol–water partition coefficient (Wildman–Crippen LogP) is 2.55. The molecule has 0 fully saturated rings. The monoisotopic (exact) mass is 215 g/mol. The van der Waals surface area contributed by atoms with Crippen molar-refractivity contribution < 1.29 is 9.84 Å². The molecule has 0 heterocycles. The van der Waals surface area contributed by atoms with E-state index in [1.165, 1.54) is 0 Å². The van der Waals surface area contributed by atoms with Crippen LogP contribution in [0.1, 0.15) is 5.56 Å². The Kier molecular flexibility index (Phi) is 2.96. The first-order valence-electron chi connectivity index (χ1n) is 5.01. The summed E-state index contributed by atoms with van der Waals surface area (Å²) < 4.78 is 5.47. The first-order chi connectivity index (χ1) is 7.75. The Morgan fingerprint density at radius 3 is 2.38 bits per heavy atom. The molecule has 0 unspecified atom stereocenters. The number of aromatic hydroxyl groups is 1. The number of anilines is 1. The van der Waals surface area contributed by atoms with Crippen LogP contribution in [-0.4, -0.2) is 5.11 Å². The molecule has 2 aromatic carbocycles. The molecule has 2 rings (SSSR count). The predicted molar refractivity (Wildman–Crippen MR) is 63.3 cm³/mol. The van der Waals surface area contributed by atoms with Crippen LogP contribution in [0.4, 0.5) is 5.69 Å². The summed E-state index contributed by atoms with van der Waals surface area (Å²) in [4.78, 5) is 0. The largest absolute Gasteiger partial charge is 0.504 e. The number of phenolic OH excluding ortho intramolecular Hbond substituents is 1. The maximum absolute atomic E-state index is 9.49. The van der Waals surface area contributed by atoms with E-state index >= 15 is 0 Å². The van der Waals surface area contributed by atoms with Crippen molar-refractivity contribution in [3.63, 3.8) is 0 Å². The molecular formula is C13H13NO2. The fraction of sp³-hybridized carbons (Fsp3) is 0.0769. The molecule has 0 spiro atoms. The van der Waals surface area contributed by atoms with Gasteiger partial charge in [0.1, 0.15) is 6.61 Å². The maximum Gasteiger partial charge on any atom is 0.161 e. The number of para-hydroxylation sites is 2. The van der Waals surface area contributed by atoms with E-state index in [4.69, 9.17) is 10.5 Å². The second kappa shape index (κ2) is 4.57. The van der Waals surface area contributed by atoms with Gasteiger partial charge >= 0.3 is 0 Å². The lowest BCUT2D eigenvalue weighted by molar-refractivity contribution is 0.289. The van der Waals surface area contributed by atoms with Crippen molar-refractivity contribution in [1.29, 1.82) is 0 Å². The average Bonchev–Trinajstić information content (AvgIpc) is 2.30. The third-order valence-electron chi connectivity index (χ3n) is 2.24. The molecule has 0 aliphatic carbocycles. The molecular weight excluding hydrogens is 202 g/mol. The third kappa shape index (κ3) is 2.45. The molecule has 2 aromatic rings. The molecule has 3 heteroatoms. The number of hydrogen-bond donors (Lipinski definition) is 2. The molecule has 0 radical (unpaired) electrons. The topological polar surface area (TPSA) is 55.5 Å². The van der Waals surface area contributed by atoms with Gasteiger partial charge in [0.15, 0.2) is 11.5 Å². The van der Waals surface area contributed by atoms with Gasteiger partial charge in [0.05, 0.1) is 0 Å². The number of rotatable bonds is 3. The Labute approximate surface area is 94.1 Å². The summed E-state index contributed by atoms with van der Waals surface area (Å²) in [6.45, 7) is 0.415. The minimum absolute atomic E-state index is 0.151. The number of hydrogen-bond acceptors (Lipinski definition) is 3. The summed E-state index contributed by atoms with van der Waals surface area (Å²) in [7, 11) is 0. The number of nitrogens with two attached hydrogens (primary N) is 1. The Morgan fingerprint density at radius 1 is 1.00 bits per heavy atom. The van der Waals surface area contributed by atoms with Crippen molar-refractivity contribution in [2.45, 2.75) is 6.61 Å². The Balaban J connectivity index is 2.02. The second-order valence-corrected chi connectivity index (χ2v) is 3.50. The van der Waals surface area contributed by atoms with Gasteiger partial charge in [0.2, 0.25) is 0 Å². The molecule has 3 nitrogen and oxygen atoms in total. The van der Waals surface area contributed by atoms with Crippen molar-refractivity contribution in [2.24, 2.45) is 0 Å². The van der Waals surface area contributed by atoms with E-state index < -0.39 is 0 Å². The molecule has 3 N–H and O–H groups in total. The number of phenols is 1. The van der Waals surface area contributed by atoms with Gasteiger partial charge in [-0.1, -0.05) is 24.3 Å². The highest BCUT2D eigenvalue weighted by molar-refractivity contribution is 5.40. The third-order valence-corrected chi connectivity index (χ3v) is 2.24. The van der Waals surface area contributed by atoms with E-state index in [2.05, 4.69) is 0 Å². The summed E-state index contributed by atoms with van der Waals surface area (Å²) >= 11 is 0. The van der Waals surface area contributed by atoms with Crippen LogP contribution in [-0.2, 0) is 6.61 Å². The molecule has 16 heavy (non-hydrogen) atoms. The molecule has 0 aromatic heterocycles. The van der Waals surface area contributed by atoms with Gasteiger partial charge in [-0.15, -0.1) is 0 Å². The molecule has 0 saturated carbocycles. The molecule has 0 atom stereocenters. The quantitative estimate of drug-likeness (QED) is 0.773. The highest BCUT2D eigenvalue weighted by Gasteiger charge is 2.00. The van der Waals surface area contributed by atoms with Gasteiger partial charge in [-0.2, -0.15) is 0 Å². The first-order valence-corrected chi connectivity index (χ1v) is 5.01. The standard InChI is InChI=1S/C13H13NO2/c14-11-7-5-10(6-8-11)9-16-13-4-2-1-3-12(13)15/h1-8,15H,9,14H2. The van der Waals surface area contributed by atoms with E-state index in [1.807, 2.05) is 30.3 Å². The normalized spacial score (nSPS) is 10.0. The van der Waals surface area contributed by atoms with Crippen molar-refractivity contribution in [1.82, 2.24) is 0 Å². The van der Waals surface area contributed by atoms with Gasteiger partial charge < -0.3 is 15.6 Å². The van der Waals surface area contributed by atoms with Crippen molar-refractivity contribution >= 4 is 5.69 Å². The fourth-order valence-electron chi connectivity index (χ4n) is 1.35. The highest BCUT2D eigenvalue weighted by Crippen LogP contribution is 2.25. The van der Waals surface area contributed by atoms with Crippen LogP contribution in [0.5, 0.6) is 11.5 Å². The van der Waals surface area contributed by atoms with E-state index in [1.54, 1.807) is 18.2 Å². The zero-order valence-electron chi connectivity index (χ0n) is 8.76. The number of nitrogen functional groups attached to an aromatic ring is 1. The number of ether oxygens (including phenoxy) is 1. The minimum atomic E-state index is 0.151. The van der Waals surface area contributed by atoms with E-state index in [-0.39, 0.29) is 5.75 Å². The Bertz CT molecular complexity index is 466. The van der Waals surface area contributed by atoms with Crippen LogP contribution < -0.4 is 10.5 Å². The summed E-state index contributed by atoms with van der Waals surface area (Å²) in [6, 6.07) is 14.3. The molecule has 0 saturated heterocycles. The summed E-state index contributed by atoms with van der Waals surface area (Å²) in [5.74, 6) is 0.636. The lowest BCUT2D eigenvalue weighted by Gasteiger charge is -2.07. The van der Waals surface area contributed by atoms with E-state index in [9.17, 15) is 5.11 Å². The van der Waals surface area contributed by atoms with Crippen LogP contribution in [0.25, 0.3) is 0 Å². The molecule has 0 amide bonds. The summed E-state index contributed by atoms with van der Waals surface area (Å²) in [6.07, 6.45) is 0. The second-order valence-electron chi connectivity index (χ2n) is 3.50. The van der Waals surface area contributed by atoms with Gasteiger partial charge in [-0.25, -0.2) is 0 Å². The van der Waals surface area contributed by atoms with Crippen molar-refractivity contribution in [3.05, 3.63) is 54.1 Å². The Morgan fingerprint density at radius 2 is 1.69 bits per heavy atom. The SMILES string of the molecule is Nc1ccc(COc2ccccc2O)cc1. The van der Waals surface area contributed by atoms with Crippen molar-refractivity contribution in [2.75, 3.05) is 5.73 Å². The van der Waals surface area contributed by atoms with Gasteiger partial charge in [0.25, 0.3) is 0 Å². The van der Waals surface area contributed by atoms with Crippen LogP contribution >= 0.6 is 0 Å². The van der Waals surface area contributed by atoms with Crippen LogP contribution in [0.2, 0.25) is 0 Å². The lowest BCUT2D eigenvalue weighted by atomic mass is 10.2. The van der Waals surface area contributed by atoms with Gasteiger partial charge in [-0.3, -0.25) is 0 Å². The Hall–Kier alpha value is -2.16. The molecule has 0 aliphatic rings. The number of benzene rings is 2. The smallest absolute Gasteiger partial charge is 0.161 e. The summed E-state index contributed by atoms with van der Waals surface area (Å²) in [5.41, 5.74) is 7.32. The molecule has 0 aliphatic heterocycles. The van der Waals surface area contributed by atoms with Crippen LogP contribution in [0.15, 0.2) is 48.5 Å². The van der Waals surface area contributed by atoms with Crippen LogP contribution in [0.3, 0.4) is 0 Å². The van der Waals surface area contributed by atoms with Gasteiger partial charge in [-0.05, 0) is 29.8 Å². The zero-order chi connectivity index (χ0) is 11.4. The van der Waals surface area contributed by atoms with Crippen LogP contribution in [0, 0.1) is 0 Å². The summed E-state index contributed by atoms with van der Waals surface area (Å²) in [5, 5.41) is 9.49. The average molecular weight is 215 g/mol. The fourth-order valence-corrected chi connectivity index (χ4v) is 1.35. The highest BCUT2D eigenvalue weighted by atomic mass is 16.5. The van der Waals surface area contributed by atoms with Gasteiger partial charge in [0, 0.05) is 5.69 Å². The lowest BCUT2D eigenvalue weighted by Crippen LogP contribution is -1.95. The maximum atomic E-state index is 9.49. The zero-order valence-corrected chi connectivity index (χ0v) is 8.76.